The lowest BCUT2D eigenvalue weighted by Gasteiger charge is -2.05. The van der Waals surface area contributed by atoms with E-state index in [9.17, 15) is 0 Å². The highest BCUT2D eigenvalue weighted by molar-refractivity contribution is 5.19. The summed E-state index contributed by atoms with van der Waals surface area (Å²) >= 11 is 0. The third-order valence-corrected chi connectivity index (χ3v) is 3.30. The lowest BCUT2D eigenvalue weighted by Crippen LogP contribution is -2.13. The summed E-state index contributed by atoms with van der Waals surface area (Å²) in [6.45, 7) is 0. The van der Waals surface area contributed by atoms with E-state index in [0.717, 1.165) is 11.1 Å². The maximum atomic E-state index is 6.14. The van der Waals surface area contributed by atoms with Gasteiger partial charge in [0.05, 0.1) is 6.04 Å². The van der Waals surface area contributed by atoms with Gasteiger partial charge < -0.3 is 10.3 Å². The van der Waals surface area contributed by atoms with Crippen molar-refractivity contribution in [3.8, 4) is 0 Å². The van der Waals surface area contributed by atoms with Crippen LogP contribution in [0.5, 0.6) is 0 Å². The van der Waals surface area contributed by atoms with Crippen molar-refractivity contribution in [1.29, 1.82) is 0 Å². The van der Waals surface area contributed by atoms with Gasteiger partial charge in [0, 0.05) is 6.42 Å². The Labute approximate surface area is 123 Å². The first kappa shape index (κ1) is 13.5. The average molecular weight is 279 g/mol. The highest BCUT2D eigenvalue weighted by Gasteiger charge is 2.15. The predicted molar refractivity (Wildman–Crippen MR) is 80.6 cm³/mol. The lowest BCUT2D eigenvalue weighted by atomic mass is 10.1. The van der Waals surface area contributed by atoms with Crippen LogP contribution in [-0.4, -0.2) is 10.1 Å². The van der Waals surface area contributed by atoms with Crippen LogP contribution >= 0.6 is 0 Å². The zero-order valence-corrected chi connectivity index (χ0v) is 11.6. The molecule has 3 aromatic rings. The molecule has 0 amide bonds. The fraction of sp³-hybridized carbons (Fsp3) is 0.176. The molecule has 0 fully saturated rings. The number of hydrogen-bond donors (Lipinski definition) is 1. The Bertz CT molecular complexity index is 680. The summed E-state index contributed by atoms with van der Waals surface area (Å²) in [4.78, 5) is 4.40. The Hall–Kier alpha value is -2.46. The van der Waals surface area contributed by atoms with Crippen LogP contribution in [0.25, 0.3) is 0 Å². The van der Waals surface area contributed by atoms with Crippen LogP contribution in [0, 0.1) is 0 Å². The number of nitrogens with zero attached hydrogens (tertiary/aromatic N) is 2. The van der Waals surface area contributed by atoms with Crippen molar-refractivity contribution in [2.75, 3.05) is 0 Å². The van der Waals surface area contributed by atoms with E-state index in [-0.39, 0.29) is 6.04 Å². The molecule has 4 heteroatoms. The molecule has 0 aliphatic rings. The molecule has 2 N–H and O–H groups in total. The Morgan fingerprint density at radius 2 is 1.52 bits per heavy atom. The van der Waals surface area contributed by atoms with E-state index in [4.69, 9.17) is 10.3 Å². The first-order chi connectivity index (χ1) is 10.3. The topological polar surface area (TPSA) is 64.9 Å². The zero-order chi connectivity index (χ0) is 14.5. The first-order valence-electron chi connectivity index (χ1n) is 6.97. The van der Waals surface area contributed by atoms with Crippen LogP contribution in [0.2, 0.25) is 0 Å². The third-order valence-electron chi connectivity index (χ3n) is 3.30. The summed E-state index contributed by atoms with van der Waals surface area (Å²) in [5, 5.41) is 4.01. The van der Waals surface area contributed by atoms with E-state index in [0.29, 0.717) is 24.6 Å². The average Bonchev–Trinajstić information content (AvgIpc) is 2.98. The molecule has 1 atom stereocenters. The van der Waals surface area contributed by atoms with Crippen molar-refractivity contribution in [2.45, 2.75) is 18.9 Å². The number of hydrogen-bond acceptors (Lipinski definition) is 4. The fourth-order valence-corrected chi connectivity index (χ4v) is 2.22. The van der Waals surface area contributed by atoms with Gasteiger partial charge in [-0.3, -0.25) is 0 Å². The Kier molecular flexibility index (Phi) is 4.07. The van der Waals surface area contributed by atoms with Crippen molar-refractivity contribution in [2.24, 2.45) is 5.73 Å². The molecular formula is C17H17N3O. The molecule has 1 aromatic heterocycles. The fourth-order valence-electron chi connectivity index (χ4n) is 2.22. The van der Waals surface area contributed by atoms with E-state index < -0.39 is 0 Å². The van der Waals surface area contributed by atoms with E-state index in [1.54, 1.807) is 0 Å². The summed E-state index contributed by atoms with van der Waals surface area (Å²) in [6.07, 6.45) is 1.34. The minimum Gasteiger partial charge on any atom is -0.338 e. The maximum absolute atomic E-state index is 6.14. The maximum Gasteiger partial charge on any atom is 0.243 e. The van der Waals surface area contributed by atoms with Gasteiger partial charge in [0.15, 0.2) is 5.82 Å². The molecule has 4 nitrogen and oxygen atoms in total. The molecule has 106 valence electrons. The quantitative estimate of drug-likeness (QED) is 0.780. The summed E-state index contributed by atoms with van der Waals surface area (Å²) < 4.78 is 5.28. The van der Waals surface area contributed by atoms with Crippen LogP contribution in [-0.2, 0) is 12.8 Å². The largest absolute Gasteiger partial charge is 0.338 e. The summed E-state index contributed by atoms with van der Waals surface area (Å²) in [6, 6.07) is 19.9. The summed E-state index contributed by atoms with van der Waals surface area (Å²) in [5.74, 6) is 1.16. The lowest BCUT2D eigenvalue weighted by molar-refractivity contribution is 0.350. The van der Waals surface area contributed by atoms with E-state index in [1.165, 1.54) is 0 Å². The molecule has 0 saturated heterocycles. The van der Waals surface area contributed by atoms with Crippen molar-refractivity contribution in [1.82, 2.24) is 10.1 Å². The number of nitrogens with two attached hydrogens (primary N) is 1. The van der Waals surface area contributed by atoms with Crippen LogP contribution in [0.4, 0.5) is 0 Å². The second kappa shape index (κ2) is 6.33. The van der Waals surface area contributed by atoms with Gasteiger partial charge in [-0.2, -0.15) is 4.98 Å². The minimum absolute atomic E-state index is 0.274. The van der Waals surface area contributed by atoms with Crippen LogP contribution in [0.1, 0.15) is 28.9 Å². The van der Waals surface area contributed by atoms with Gasteiger partial charge in [-0.15, -0.1) is 0 Å². The molecule has 21 heavy (non-hydrogen) atoms. The molecule has 0 aliphatic heterocycles. The molecule has 0 spiro atoms. The minimum atomic E-state index is -0.274. The molecular weight excluding hydrogens is 262 g/mol. The molecule has 0 radical (unpaired) electrons. The van der Waals surface area contributed by atoms with Crippen LogP contribution in [0.15, 0.2) is 65.2 Å². The van der Waals surface area contributed by atoms with Gasteiger partial charge in [-0.05, 0) is 17.5 Å². The van der Waals surface area contributed by atoms with Gasteiger partial charge in [-0.1, -0.05) is 65.8 Å². The van der Waals surface area contributed by atoms with Crippen LogP contribution < -0.4 is 5.73 Å². The normalized spacial score (nSPS) is 12.2. The van der Waals surface area contributed by atoms with Gasteiger partial charge >= 0.3 is 0 Å². The Morgan fingerprint density at radius 1 is 0.905 bits per heavy atom. The van der Waals surface area contributed by atoms with E-state index >= 15 is 0 Å². The van der Waals surface area contributed by atoms with Crippen molar-refractivity contribution in [3.63, 3.8) is 0 Å². The smallest absolute Gasteiger partial charge is 0.243 e. The highest BCUT2D eigenvalue weighted by atomic mass is 16.5. The number of rotatable bonds is 5. The van der Waals surface area contributed by atoms with Gasteiger partial charge in [0.2, 0.25) is 5.89 Å². The van der Waals surface area contributed by atoms with Crippen LogP contribution in [0.3, 0.4) is 0 Å². The Balaban J connectivity index is 1.67. The van der Waals surface area contributed by atoms with E-state index in [1.807, 2.05) is 60.7 Å². The molecule has 1 heterocycles. The van der Waals surface area contributed by atoms with Gasteiger partial charge in [0.1, 0.15) is 0 Å². The monoisotopic (exact) mass is 279 g/mol. The van der Waals surface area contributed by atoms with Crippen molar-refractivity contribution >= 4 is 0 Å². The van der Waals surface area contributed by atoms with E-state index in [2.05, 4.69) is 10.1 Å². The molecule has 2 aromatic carbocycles. The Morgan fingerprint density at radius 3 is 2.19 bits per heavy atom. The zero-order valence-electron chi connectivity index (χ0n) is 11.6. The number of benzene rings is 2. The molecule has 1 unspecified atom stereocenters. The summed E-state index contributed by atoms with van der Waals surface area (Å²) in [7, 11) is 0. The standard InChI is InChI=1S/C17H17N3O/c18-15(11-13-7-3-1-4-8-13)17-19-16(20-21-17)12-14-9-5-2-6-10-14/h1-10,15H,11-12,18H2. The van der Waals surface area contributed by atoms with Crippen molar-refractivity contribution in [3.05, 3.63) is 83.5 Å². The third kappa shape index (κ3) is 3.55. The first-order valence-corrected chi connectivity index (χ1v) is 6.97. The van der Waals surface area contributed by atoms with Gasteiger partial charge in [-0.25, -0.2) is 0 Å². The highest BCUT2D eigenvalue weighted by Crippen LogP contribution is 2.15. The molecule has 0 aliphatic carbocycles. The molecule has 3 rings (SSSR count). The molecule has 0 bridgehead atoms. The second-order valence-electron chi connectivity index (χ2n) is 5.01. The van der Waals surface area contributed by atoms with Crippen molar-refractivity contribution < 1.29 is 4.52 Å². The predicted octanol–water partition coefficient (Wildman–Crippen LogP) is 2.90. The second-order valence-corrected chi connectivity index (χ2v) is 5.01. The SMILES string of the molecule is NC(Cc1ccccc1)c1nc(Cc2ccccc2)no1. The number of aromatic nitrogens is 2. The molecule has 0 saturated carbocycles. The summed E-state index contributed by atoms with van der Waals surface area (Å²) in [5.41, 5.74) is 8.45. The van der Waals surface area contributed by atoms with Gasteiger partial charge in [0.25, 0.3) is 0 Å².